The summed E-state index contributed by atoms with van der Waals surface area (Å²) in [7, 11) is 3.39. The smallest absolute Gasteiger partial charge is 0.137 e. The molecule has 0 bridgehead atoms. The van der Waals surface area contributed by atoms with Crippen LogP contribution < -0.4 is 0 Å². The lowest BCUT2D eigenvalue weighted by atomic mass is 9.96. The molecule has 3 aromatic rings. The number of aryl methyl sites for hydroxylation is 1. The van der Waals surface area contributed by atoms with Gasteiger partial charge in [-0.05, 0) is 30.2 Å². The Labute approximate surface area is 163 Å². The van der Waals surface area contributed by atoms with Gasteiger partial charge in [-0.25, -0.2) is 9.97 Å². The summed E-state index contributed by atoms with van der Waals surface area (Å²) < 4.78 is 18.9. The summed E-state index contributed by atoms with van der Waals surface area (Å²) in [5, 5.41) is 1.50. The van der Waals surface area contributed by atoms with Crippen molar-refractivity contribution in [3.63, 3.8) is 0 Å². The zero-order valence-electron chi connectivity index (χ0n) is 15.7. The maximum atomic E-state index is 6.15. The third-order valence-corrected chi connectivity index (χ3v) is 5.34. The molecule has 142 valence electrons. The zero-order chi connectivity index (χ0) is 19.0. The second-order valence-corrected chi connectivity index (χ2v) is 7.25. The van der Waals surface area contributed by atoms with Crippen molar-refractivity contribution in [2.24, 2.45) is 0 Å². The minimum atomic E-state index is -0.532. The Morgan fingerprint density at radius 1 is 1.30 bits per heavy atom. The highest BCUT2D eigenvalue weighted by Gasteiger charge is 2.39. The van der Waals surface area contributed by atoms with Crippen molar-refractivity contribution < 1.29 is 14.2 Å². The largest absolute Gasteiger partial charge is 0.380 e. The first-order valence-corrected chi connectivity index (χ1v) is 9.21. The van der Waals surface area contributed by atoms with Gasteiger partial charge in [0.2, 0.25) is 0 Å². The number of halogens is 1. The van der Waals surface area contributed by atoms with Crippen LogP contribution in [0, 0.1) is 6.92 Å². The third kappa shape index (κ3) is 3.23. The Balaban J connectivity index is 1.92. The van der Waals surface area contributed by atoms with E-state index >= 15 is 0 Å². The number of fused-ring (bicyclic) bond motifs is 1. The van der Waals surface area contributed by atoms with E-state index in [2.05, 4.69) is 18.1 Å². The summed E-state index contributed by atoms with van der Waals surface area (Å²) >= 11 is 6.15. The lowest BCUT2D eigenvalue weighted by molar-refractivity contribution is -0.0247. The number of hydrogen-bond acceptors (Lipinski definition) is 5. The van der Waals surface area contributed by atoms with Gasteiger partial charge < -0.3 is 18.8 Å². The number of ether oxygens (including phenoxy) is 3. The number of pyridine rings is 2. The molecular weight excluding hydrogens is 366 g/mol. The Bertz CT molecular complexity index is 980. The molecule has 1 atom stereocenters. The lowest BCUT2D eigenvalue weighted by Gasteiger charge is -2.26. The first kappa shape index (κ1) is 18.4. The summed E-state index contributed by atoms with van der Waals surface area (Å²) in [6, 6.07) is 5.93. The molecule has 1 aliphatic rings. The molecule has 0 spiro atoms. The normalized spacial score (nSPS) is 19.9. The summed E-state index contributed by atoms with van der Waals surface area (Å²) in [5.41, 5.74) is 3.43. The molecule has 0 amide bonds. The molecular formula is C20H22ClN3O3. The van der Waals surface area contributed by atoms with Gasteiger partial charge in [-0.15, -0.1) is 0 Å². The van der Waals surface area contributed by atoms with E-state index in [1.54, 1.807) is 20.4 Å². The van der Waals surface area contributed by atoms with Gasteiger partial charge in [0.15, 0.2) is 0 Å². The molecule has 1 aliphatic heterocycles. The zero-order valence-corrected chi connectivity index (χ0v) is 16.4. The highest BCUT2D eigenvalue weighted by molar-refractivity contribution is 6.30. The monoisotopic (exact) mass is 387 g/mol. The quantitative estimate of drug-likeness (QED) is 0.623. The average molecular weight is 388 g/mol. The maximum absolute atomic E-state index is 6.15. The van der Waals surface area contributed by atoms with Crippen molar-refractivity contribution in [3.05, 3.63) is 52.6 Å². The molecule has 27 heavy (non-hydrogen) atoms. The first-order chi connectivity index (χ1) is 13.1. The molecule has 0 N–H and O–H groups in total. The van der Waals surface area contributed by atoms with Crippen molar-refractivity contribution in [1.82, 2.24) is 14.5 Å². The van der Waals surface area contributed by atoms with E-state index in [0.29, 0.717) is 25.0 Å². The van der Waals surface area contributed by atoms with Gasteiger partial charge in [-0.2, -0.15) is 0 Å². The van der Waals surface area contributed by atoms with Crippen molar-refractivity contribution in [2.75, 3.05) is 27.4 Å². The van der Waals surface area contributed by atoms with Crippen LogP contribution in [0.3, 0.4) is 0 Å². The van der Waals surface area contributed by atoms with E-state index < -0.39 is 5.60 Å². The number of hydrogen-bond donors (Lipinski definition) is 0. The van der Waals surface area contributed by atoms with Crippen LogP contribution in [0.1, 0.15) is 23.2 Å². The van der Waals surface area contributed by atoms with E-state index in [-0.39, 0.29) is 0 Å². The maximum Gasteiger partial charge on any atom is 0.137 e. The molecule has 0 aliphatic carbocycles. The summed E-state index contributed by atoms with van der Waals surface area (Å²) in [6.07, 6.45) is 4.62. The highest BCUT2D eigenvalue weighted by Crippen LogP contribution is 2.34. The third-order valence-electron chi connectivity index (χ3n) is 5.13. The van der Waals surface area contributed by atoms with Crippen LogP contribution in [0.4, 0.5) is 0 Å². The fraction of sp³-hybridized carbons (Fsp3) is 0.400. The summed E-state index contributed by atoms with van der Waals surface area (Å²) in [5.74, 6) is 0.795. The predicted molar refractivity (Wildman–Crippen MR) is 103 cm³/mol. The summed E-state index contributed by atoms with van der Waals surface area (Å²) in [4.78, 5) is 9.15. The average Bonchev–Trinajstić information content (AvgIpc) is 3.27. The molecule has 6 nitrogen and oxygen atoms in total. The van der Waals surface area contributed by atoms with Gasteiger partial charge in [0.25, 0.3) is 0 Å². The van der Waals surface area contributed by atoms with Crippen LogP contribution >= 0.6 is 11.6 Å². The predicted octanol–water partition coefficient (Wildman–Crippen LogP) is 3.79. The van der Waals surface area contributed by atoms with E-state index in [9.17, 15) is 0 Å². The van der Waals surface area contributed by atoms with E-state index in [1.807, 2.05) is 22.8 Å². The Hall–Kier alpha value is -1.99. The van der Waals surface area contributed by atoms with E-state index in [1.165, 1.54) is 0 Å². The topological polar surface area (TPSA) is 58.4 Å². The van der Waals surface area contributed by atoms with Crippen molar-refractivity contribution >= 4 is 22.5 Å². The molecule has 0 saturated carbocycles. The highest BCUT2D eigenvalue weighted by atomic mass is 35.5. The van der Waals surface area contributed by atoms with Crippen LogP contribution in [0.15, 0.2) is 30.6 Å². The van der Waals surface area contributed by atoms with Crippen LogP contribution in [0.25, 0.3) is 16.7 Å². The molecule has 1 unspecified atom stereocenters. The second-order valence-electron chi connectivity index (χ2n) is 6.86. The second kappa shape index (κ2) is 7.20. The molecule has 4 rings (SSSR count). The van der Waals surface area contributed by atoms with Crippen LogP contribution in [0.5, 0.6) is 0 Å². The number of methoxy groups -OCH3 is 2. The van der Waals surface area contributed by atoms with E-state index in [0.717, 1.165) is 40.0 Å². The number of rotatable bonds is 5. The van der Waals surface area contributed by atoms with Gasteiger partial charge >= 0.3 is 0 Å². The van der Waals surface area contributed by atoms with Crippen LogP contribution in [-0.4, -0.2) is 42.0 Å². The number of aromatic nitrogens is 3. The first-order valence-electron chi connectivity index (χ1n) is 8.83. The molecule has 7 heteroatoms. The SMILES string of the molecule is COCc1cc(-n2cc(C)c3cnc(Cl)cc32)nc(C2(OC)CCOC2)c1. The number of nitrogens with zero attached hydrogens (tertiary/aromatic N) is 3. The van der Waals surface area contributed by atoms with Gasteiger partial charge in [0.1, 0.15) is 16.6 Å². The Kier molecular flexibility index (Phi) is 4.90. The van der Waals surface area contributed by atoms with Gasteiger partial charge in [-0.1, -0.05) is 11.6 Å². The minimum absolute atomic E-state index is 0.452. The summed E-state index contributed by atoms with van der Waals surface area (Å²) in [6.45, 7) is 3.69. The lowest BCUT2D eigenvalue weighted by Crippen LogP contribution is -2.30. The van der Waals surface area contributed by atoms with Crippen molar-refractivity contribution in [3.8, 4) is 5.82 Å². The van der Waals surface area contributed by atoms with Crippen molar-refractivity contribution in [2.45, 2.75) is 25.6 Å². The molecule has 1 saturated heterocycles. The molecule has 4 heterocycles. The Morgan fingerprint density at radius 3 is 2.85 bits per heavy atom. The Morgan fingerprint density at radius 2 is 2.15 bits per heavy atom. The van der Waals surface area contributed by atoms with E-state index in [4.69, 9.17) is 30.8 Å². The standard InChI is InChI=1S/C20H22ClN3O3/c1-13-10-24(16-8-18(21)22-9-15(13)16)19-7-14(11-25-2)6-17(23-19)20(26-3)4-5-27-12-20/h6-10H,4-5,11-12H2,1-3H3. The molecule has 0 aromatic carbocycles. The van der Waals surface area contributed by atoms with Crippen LogP contribution in [0.2, 0.25) is 5.15 Å². The van der Waals surface area contributed by atoms with Gasteiger partial charge in [0, 0.05) is 51.1 Å². The fourth-order valence-corrected chi connectivity index (χ4v) is 3.79. The molecule has 0 radical (unpaired) electrons. The molecule has 1 fully saturated rings. The minimum Gasteiger partial charge on any atom is -0.380 e. The fourth-order valence-electron chi connectivity index (χ4n) is 3.64. The van der Waals surface area contributed by atoms with Gasteiger partial charge in [0.05, 0.1) is 24.4 Å². The van der Waals surface area contributed by atoms with Gasteiger partial charge in [-0.3, -0.25) is 0 Å². The molecule has 3 aromatic heterocycles. The van der Waals surface area contributed by atoms with Crippen molar-refractivity contribution in [1.29, 1.82) is 0 Å². The van der Waals surface area contributed by atoms with Crippen LogP contribution in [-0.2, 0) is 26.4 Å².